The average molecular weight is 334 g/mol. The maximum Gasteiger partial charge on any atom is 0.346 e. The third-order valence-electron chi connectivity index (χ3n) is 2.72. The van der Waals surface area contributed by atoms with E-state index in [9.17, 15) is 4.79 Å². The molecule has 1 atom stereocenters. The molecule has 1 rings (SSSR count). The van der Waals surface area contributed by atoms with Crippen LogP contribution in [0.5, 0.6) is 5.75 Å². The molecule has 0 heterocycles. The lowest BCUT2D eigenvalue weighted by atomic mass is 10.1. The van der Waals surface area contributed by atoms with Crippen LogP contribution in [-0.4, -0.2) is 24.7 Å². The van der Waals surface area contributed by atoms with Crippen molar-refractivity contribution in [2.24, 2.45) is 0 Å². The van der Waals surface area contributed by atoms with E-state index in [4.69, 9.17) is 27.9 Å². The summed E-state index contributed by atoms with van der Waals surface area (Å²) in [5, 5.41) is 4.22. The summed E-state index contributed by atoms with van der Waals surface area (Å²) < 4.78 is 10.3. The van der Waals surface area contributed by atoms with Crippen molar-refractivity contribution in [3.63, 3.8) is 0 Å². The summed E-state index contributed by atoms with van der Waals surface area (Å²) in [7, 11) is 1.31. The van der Waals surface area contributed by atoms with Crippen LogP contribution in [0.1, 0.15) is 33.3 Å². The highest BCUT2D eigenvalue weighted by Gasteiger charge is 2.20. The fraction of sp³-hybridized carbons (Fsp3) is 0.533. The fourth-order valence-electron chi connectivity index (χ4n) is 1.63. The van der Waals surface area contributed by atoms with Gasteiger partial charge in [-0.25, -0.2) is 4.79 Å². The molecule has 1 aromatic rings. The Balaban J connectivity index is 3.03. The number of carbonyl (C=O) groups is 1. The van der Waals surface area contributed by atoms with Crippen molar-refractivity contribution in [3.05, 3.63) is 27.7 Å². The summed E-state index contributed by atoms with van der Waals surface area (Å²) in [6, 6.07) is 3.36. The second-order valence-corrected chi connectivity index (χ2v) is 6.61. The van der Waals surface area contributed by atoms with Crippen molar-refractivity contribution >= 4 is 29.2 Å². The normalized spacial score (nSPS) is 12.9. The number of methoxy groups -OCH3 is 1. The van der Waals surface area contributed by atoms with E-state index in [0.717, 1.165) is 5.56 Å². The van der Waals surface area contributed by atoms with E-state index in [0.29, 0.717) is 22.3 Å². The third kappa shape index (κ3) is 5.73. The predicted molar refractivity (Wildman–Crippen MR) is 85.2 cm³/mol. The van der Waals surface area contributed by atoms with Gasteiger partial charge in [0.1, 0.15) is 5.75 Å². The molecule has 4 nitrogen and oxygen atoms in total. The number of hydrogen-bond donors (Lipinski definition) is 1. The topological polar surface area (TPSA) is 47.6 Å². The summed E-state index contributed by atoms with van der Waals surface area (Å²) >= 11 is 12.2. The van der Waals surface area contributed by atoms with Gasteiger partial charge in [0.2, 0.25) is 0 Å². The number of ether oxygens (including phenoxy) is 2. The van der Waals surface area contributed by atoms with Crippen molar-refractivity contribution in [2.75, 3.05) is 7.11 Å². The van der Waals surface area contributed by atoms with E-state index >= 15 is 0 Å². The van der Waals surface area contributed by atoms with Crippen molar-refractivity contribution in [3.8, 4) is 5.75 Å². The zero-order valence-corrected chi connectivity index (χ0v) is 14.4. The van der Waals surface area contributed by atoms with Crippen molar-refractivity contribution in [1.82, 2.24) is 5.32 Å². The molecular formula is C15H21Cl2NO3. The quantitative estimate of drug-likeness (QED) is 0.832. The van der Waals surface area contributed by atoms with Crippen molar-refractivity contribution in [1.29, 1.82) is 0 Å². The Morgan fingerprint density at radius 3 is 2.48 bits per heavy atom. The molecule has 0 radical (unpaired) electrons. The summed E-state index contributed by atoms with van der Waals surface area (Å²) in [6.45, 7) is 8.29. The number of halogens is 2. The molecule has 1 unspecified atom stereocenters. The molecule has 0 aliphatic heterocycles. The summed E-state index contributed by atoms with van der Waals surface area (Å²) in [5.41, 5.74) is 0.721. The van der Waals surface area contributed by atoms with Crippen molar-refractivity contribution < 1.29 is 14.3 Å². The molecular weight excluding hydrogens is 313 g/mol. The van der Waals surface area contributed by atoms with Gasteiger partial charge in [-0.3, -0.25) is 0 Å². The maximum absolute atomic E-state index is 11.5. The van der Waals surface area contributed by atoms with E-state index in [-0.39, 0.29) is 5.54 Å². The predicted octanol–water partition coefficient (Wildman–Crippen LogP) is 3.82. The zero-order valence-electron chi connectivity index (χ0n) is 12.9. The number of esters is 1. The van der Waals surface area contributed by atoms with Gasteiger partial charge in [0.15, 0.2) is 6.10 Å². The Hall–Kier alpha value is -0.970. The molecule has 0 amide bonds. The third-order valence-corrected chi connectivity index (χ3v) is 3.22. The standard InChI is InChI=1S/C15H21Cl2NO3/c1-9(14(19)20-5)21-13-10(8-18-15(2,3)4)6-11(16)7-12(13)17/h6-7,9,18H,8H2,1-5H3. The minimum Gasteiger partial charge on any atom is -0.477 e. The molecule has 0 aliphatic rings. The van der Waals surface area contributed by atoms with Gasteiger partial charge in [0, 0.05) is 22.7 Å². The first-order valence-corrected chi connectivity index (χ1v) is 7.37. The Morgan fingerprint density at radius 1 is 1.33 bits per heavy atom. The number of benzene rings is 1. The molecule has 0 saturated heterocycles. The van der Waals surface area contributed by atoms with Gasteiger partial charge in [0.05, 0.1) is 12.1 Å². The monoisotopic (exact) mass is 333 g/mol. The zero-order chi connectivity index (χ0) is 16.2. The Labute approximate surface area is 135 Å². The smallest absolute Gasteiger partial charge is 0.346 e. The molecule has 0 aromatic heterocycles. The van der Waals surface area contributed by atoms with E-state index in [1.807, 2.05) is 0 Å². The van der Waals surface area contributed by atoms with E-state index in [1.54, 1.807) is 19.1 Å². The molecule has 0 aliphatic carbocycles. The first-order valence-electron chi connectivity index (χ1n) is 6.61. The van der Waals surface area contributed by atoms with Crippen LogP contribution >= 0.6 is 23.2 Å². The average Bonchev–Trinajstić information content (AvgIpc) is 2.37. The van der Waals surface area contributed by atoms with Crippen LogP contribution in [0.15, 0.2) is 12.1 Å². The summed E-state index contributed by atoms with van der Waals surface area (Å²) in [6.07, 6.45) is -0.748. The minimum absolute atomic E-state index is 0.0694. The summed E-state index contributed by atoms with van der Waals surface area (Å²) in [5.74, 6) is -0.0218. The van der Waals surface area contributed by atoms with Crippen LogP contribution < -0.4 is 10.1 Å². The van der Waals surface area contributed by atoms with E-state index in [2.05, 4.69) is 30.8 Å². The Morgan fingerprint density at radius 2 is 1.95 bits per heavy atom. The molecule has 0 bridgehead atoms. The number of rotatable bonds is 5. The van der Waals surface area contributed by atoms with E-state index in [1.165, 1.54) is 7.11 Å². The Kier molecular flexibility index (Phi) is 6.32. The number of carbonyl (C=O) groups excluding carboxylic acids is 1. The molecule has 1 aromatic carbocycles. The van der Waals surface area contributed by atoms with Crippen LogP contribution in [0.2, 0.25) is 10.0 Å². The van der Waals surface area contributed by atoms with Gasteiger partial charge in [-0.1, -0.05) is 23.2 Å². The van der Waals surface area contributed by atoms with Gasteiger partial charge in [-0.05, 0) is 39.8 Å². The van der Waals surface area contributed by atoms with Crippen LogP contribution in [0, 0.1) is 0 Å². The van der Waals surface area contributed by atoms with Gasteiger partial charge in [-0.15, -0.1) is 0 Å². The lowest BCUT2D eigenvalue weighted by Crippen LogP contribution is -2.35. The van der Waals surface area contributed by atoms with Crippen LogP contribution in [-0.2, 0) is 16.1 Å². The van der Waals surface area contributed by atoms with E-state index < -0.39 is 12.1 Å². The number of nitrogens with one attached hydrogen (secondary N) is 1. The van der Waals surface area contributed by atoms with Gasteiger partial charge in [-0.2, -0.15) is 0 Å². The SMILES string of the molecule is COC(=O)C(C)Oc1c(Cl)cc(Cl)cc1CNC(C)(C)C. The number of hydrogen-bond acceptors (Lipinski definition) is 4. The molecule has 0 saturated carbocycles. The molecule has 21 heavy (non-hydrogen) atoms. The molecule has 6 heteroatoms. The maximum atomic E-state index is 11.5. The minimum atomic E-state index is -0.748. The van der Waals surface area contributed by atoms with Gasteiger partial charge >= 0.3 is 5.97 Å². The Bertz CT molecular complexity index is 512. The highest BCUT2D eigenvalue weighted by atomic mass is 35.5. The highest BCUT2D eigenvalue weighted by Crippen LogP contribution is 2.33. The highest BCUT2D eigenvalue weighted by molar-refractivity contribution is 6.35. The first kappa shape index (κ1) is 18.1. The molecule has 1 N–H and O–H groups in total. The largest absolute Gasteiger partial charge is 0.477 e. The van der Waals surface area contributed by atoms with Crippen LogP contribution in [0.3, 0.4) is 0 Å². The van der Waals surface area contributed by atoms with Crippen molar-refractivity contribution in [2.45, 2.75) is 45.9 Å². The molecule has 118 valence electrons. The second kappa shape index (κ2) is 7.34. The van der Waals surface area contributed by atoms with Gasteiger partial charge < -0.3 is 14.8 Å². The first-order chi connectivity index (χ1) is 9.64. The fourth-order valence-corrected chi connectivity index (χ4v) is 2.21. The van der Waals surface area contributed by atoms with Crippen LogP contribution in [0.25, 0.3) is 0 Å². The van der Waals surface area contributed by atoms with Gasteiger partial charge in [0.25, 0.3) is 0 Å². The second-order valence-electron chi connectivity index (χ2n) is 5.76. The lowest BCUT2D eigenvalue weighted by Gasteiger charge is -2.23. The molecule has 0 spiro atoms. The molecule has 0 fully saturated rings. The van der Waals surface area contributed by atoms with Crippen LogP contribution in [0.4, 0.5) is 0 Å². The lowest BCUT2D eigenvalue weighted by molar-refractivity contribution is -0.147. The summed E-state index contributed by atoms with van der Waals surface area (Å²) in [4.78, 5) is 11.5.